The van der Waals surface area contributed by atoms with Crippen molar-refractivity contribution in [1.29, 1.82) is 0 Å². The highest BCUT2D eigenvalue weighted by Crippen LogP contribution is 2.26. The van der Waals surface area contributed by atoms with E-state index in [9.17, 15) is 13.2 Å². The number of ether oxygens (including phenoxy) is 1. The van der Waals surface area contributed by atoms with E-state index in [4.69, 9.17) is 0 Å². The zero-order valence-corrected chi connectivity index (χ0v) is 13.2. The number of carbonyl (C=O) groups is 1. The molecule has 0 spiro atoms. The molecule has 5 nitrogen and oxygen atoms in total. The second-order valence-corrected chi connectivity index (χ2v) is 7.33. The predicted octanol–water partition coefficient (Wildman–Crippen LogP) is 2.43. The first-order valence-electron chi connectivity index (χ1n) is 7.13. The molecular weight excluding hydrogens is 290 g/mol. The van der Waals surface area contributed by atoms with Crippen LogP contribution in [0.25, 0.3) is 0 Å². The Bertz CT molecular complexity index is 606. The minimum absolute atomic E-state index is 0.0468. The number of rotatable bonds is 4. The largest absolute Gasteiger partial charge is 0.465 e. The Morgan fingerprint density at radius 3 is 2.52 bits per heavy atom. The van der Waals surface area contributed by atoms with E-state index in [0.29, 0.717) is 0 Å². The third kappa shape index (κ3) is 3.44. The van der Waals surface area contributed by atoms with Gasteiger partial charge in [-0.25, -0.2) is 13.2 Å². The molecule has 0 heterocycles. The molecule has 1 aromatic rings. The van der Waals surface area contributed by atoms with Gasteiger partial charge in [0, 0.05) is 13.1 Å². The van der Waals surface area contributed by atoms with E-state index >= 15 is 0 Å². The van der Waals surface area contributed by atoms with Gasteiger partial charge in [-0.15, -0.1) is 0 Å². The van der Waals surface area contributed by atoms with Crippen molar-refractivity contribution in [2.45, 2.75) is 43.0 Å². The van der Waals surface area contributed by atoms with E-state index in [0.717, 1.165) is 25.7 Å². The molecule has 0 N–H and O–H groups in total. The van der Waals surface area contributed by atoms with E-state index in [1.54, 1.807) is 19.2 Å². The van der Waals surface area contributed by atoms with Gasteiger partial charge in [-0.1, -0.05) is 25.3 Å². The molecule has 1 aliphatic carbocycles. The van der Waals surface area contributed by atoms with Crippen LogP contribution in [0.5, 0.6) is 0 Å². The van der Waals surface area contributed by atoms with Crippen LogP contribution >= 0.6 is 0 Å². The predicted molar refractivity (Wildman–Crippen MR) is 79.6 cm³/mol. The number of hydrogen-bond donors (Lipinski definition) is 0. The van der Waals surface area contributed by atoms with Gasteiger partial charge in [0.1, 0.15) is 0 Å². The number of methoxy groups -OCH3 is 1. The van der Waals surface area contributed by atoms with Crippen molar-refractivity contribution in [2.24, 2.45) is 0 Å². The van der Waals surface area contributed by atoms with Crippen LogP contribution in [0.4, 0.5) is 0 Å². The Morgan fingerprint density at radius 2 is 1.90 bits per heavy atom. The normalized spacial score (nSPS) is 16.9. The van der Waals surface area contributed by atoms with Gasteiger partial charge in [0.15, 0.2) is 0 Å². The third-order valence-electron chi connectivity index (χ3n) is 4.02. The SMILES string of the molecule is COC(=O)c1cccc(S(=O)(=O)N(C)C2CCCCC2)c1. The van der Waals surface area contributed by atoms with Crippen molar-refractivity contribution in [3.8, 4) is 0 Å². The Labute approximate surface area is 126 Å². The molecule has 0 unspecified atom stereocenters. The van der Waals surface area contributed by atoms with Crippen LogP contribution in [-0.4, -0.2) is 38.9 Å². The smallest absolute Gasteiger partial charge is 0.337 e. The molecule has 0 radical (unpaired) electrons. The summed E-state index contributed by atoms with van der Waals surface area (Å²) in [5.41, 5.74) is 0.246. The van der Waals surface area contributed by atoms with Crippen LogP contribution in [0.3, 0.4) is 0 Å². The average Bonchev–Trinajstić information content (AvgIpc) is 2.54. The Balaban J connectivity index is 2.28. The first-order valence-corrected chi connectivity index (χ1v) is 8.57. The maximum Gasteiger partial charge on any atom is 0.337 e. The van der Waals surface area contributed by atoms with Crippen molar-refractivity contribution in [2.75, 3.05) is 14.2 Å². The monoisotopic (exact) mass is 311 g/mol. The summed E-state index contributed by atoms with van der Waals surface area (Å²) < 4.78 is 31.4. The summed E-state index contributed by atoms with van der Waals surface area (Å²) in [6, 6.07) is 6.05. The van der Waals surface area contributed by atoms with Crippen molar-refractivity contribution >= 4 is 16.0 Å². The van der Waals surface area contributed by atoms with Crippen molar-refractivity contribution in [3.05, 3.63) is 29.8 Å². The van der Waals surface area contributed by atoms with E-state index in [-0.39, 0.29) is 16.5 Å². The molecule has 0 atom stereocenters. The van der Waals surface area contributed by atoms with Crippen LogP contribution in [0, 0.1) is 0 Å². The van der Waals surface area contributed by atoms with Gasteiger partial charge in [-0.2, -0.15) is 4.31 Å². The van der Waals surface area contributed by atoms with Gasteiger partial charge < -0.3 is 4.74 Å². The zero-order chi connectivity index (χ0) is 15.5. The lowest BCUT2D eigenvalue weighted by molar-refractivity contribution is 0.0600. The molecule has 0 bridgehead atoms. The maximum atomic E-state index is 12.7. The highest BCUT2D eigenvalue weighted by Gasteiger charge is 2.29. The van der Waals surface area contributed by atoms with Gasteiger partial charge in [0.2, 0.25) is 10.0 Å². The van der Waals surface area contributed by atoms with Crippen LogP contribution < -0.4 is 0 Å². The number of sulfonamides is 1. The van der Waals surface area contributed by atoms with Gasteiger partial charge in [0.25, 0.3) is 0 Å². The molecule has 1 saturated carbocycles. The Morgan fingerprint density at radius 1 is 1.24 bits per heavy atom. The van der Waals surface area contributed by atoms with E-state index in [1.807, 2.05) is 0 Å². The molecular formula is C15H21NO4S. The average molecular weight is 311 g/mol. The lowest BCUT2D eigenvalue weighted by atomic mass is 9.96. The fourth-order valence-electron chi connectivity index (χ4n) is 2.71. The molecule has 6 heteroatoms. The first kappa shape index (κ1) is 16.0. The number of esters is 1. The summed E-state index contributed by atoms with van der Waals surface area (Å²) >= 11 is 0. The number of hydrogen-bond acceptors (Lipinski definition) is 4. The lowest BCUT2D eigenvalue weighted by Crippen LogP contribution is -2.38. The number of nitrogens with zero attached hydrogens (tertiary/aromatic N) is 1. The Hall–Kier alpha value is -1.40. The molecule has 0 aliphatic heterocycles. The second-order valence-electron chi connectivity index (χ2n) is 5.33. The zero-order valence-electron chi connectivity index (χ0n) is 12.4. The maximum absolute atomic E-state index is 12.7. The van der Waals surface area contributed by atoms with Gasteiger partial charge >= 0.3 is 5.97 Å². The van der Waals surface area contributed by atoms with Crippen molar-refractivity contribution in [3.63, 3.8) is 0 Å². The van der Waals surface area contributed by atoms with Crippen LogP contribution in [0.1, 0.15) is 42.5 Å². The van der Waals surface area contributed by atoms with Gasteiger partial charge in [0.05, 0.1) is 17.6 Å². The third-order valence-corrected chi connectivity index (χ3v) is 5.93. The highest BCUT2D eigenvalue weighted by atomic mass is 32.2. The minimum Gasteiger partial charge on any atom is -0.465 e. The minimum atomic E-state index is -3.58. The van der Waals surface area contributed by atoms with Crippen molar-refractivity contribution < 1.29 is 17.9 Å². The summed E-state index contributed by atoms with van der Waals surface area (Å²) in [6.45, 7) is 0. The van der Waals surface area contributed by atoms with Crippen LogP contribution in [0.2, 0.25) is 0 Å². The molecule has 1 aromatic carbocycles. The van der Waals surface area contributed by atoms with Gasteiger partial charge in [-0.3, -0.25) is 0 Å². The first-order chi connectivity index (χ1) is 9.96. The van der Waals surface area contributed by atoms with Crippen molar-refractivity contribution in [1.82, 2.24) is 4.31 Å². The highest BCUT2D eigenvalue weighted by molar-refractivity contribution is 7.89. The number of benzene rings is 1. The fraction of sp³-hybridized carbons (Fsp3) is 0.533. The lowest BCUT2D eigenvalue weighted by Gasteiger charge is -2.30. The summed E-state index contributed by atoms with van der Waals surface area (Å²) in [5.74, 6) is -0.535. The quantitative estimate of drug-likeness (QED) is 0.801. The summed E-state index contributed by atoms with van der Waals surface area (Å²) in [4.78, 5) is 11.7. The standard InChI is InChI=1S/C15H21NO4S/c1-16(13-8-4-3-5-9-13)21(18,19)14-10-6-7-12(11-14)15(17)20-2/h6-7,10-11,13H,3-5,8-9H2,1-2H3. The number of carbonyl (C=O) groups excluding carboxylic acids is 1. The van der Waals surface area contributed by atoms with Crippen LogP contribution in [-0.2, 0) is 14.8 Å². The molecule has 0 amide bonds. The summed E-state index contributed by atoms with van der Waals surface area (Å²) in [6.07, 6.45) is 5.08. The molecule has 116 valence electrons. The molecule has 0 aromatic heterocycles. The second kappa shape index (κ2) is 6.58. The van der Waals surface area contributed by atoms with Gasteiger partial charge in [-0.05, 0) is 31.0 Å². The molecule has 1 aliphatic rings. The van der Waals surface area contributed by atoms with E-state index in [2.05, 4.69) is 4.74 Å². The Kier molecular flexibility index (Phi) is 5.00. The molecule has 0 saturated heterocycles. The summed E-state index contributed by atoms with van der Waals surface area (Å²) in [5, 5.41) is 0. The summed E-state index contributed by atoms with van der Waals surface area (Å²) in [7, 11) is -0.681. The van der Waals surface area contributed by atoms with E-state index < -0.39 is 16.0 Å². The fourth-order valence-corrected chi connectivity index (χ4v) is 4.17. The van der Waals surface area contributed by atoms with E-state index in [1.165, 1.54) is 30.0 Å². The van der Waals surface area contributed by atoms with Crippen LogP contribution in [0.15, 0.2) is 29.2 Å². The topological polar surface area (TPSA) is 63.7 Å². The molecule has 21 heavy (non-hydrogen) atoms. The molecule has 1 fully saturated rings. The molecule has 2 rings (SSSR count).